The van der Waals surface area contributed by atoms with E-state index in [0.717, 1.165) is 16.2 Å². The maximum atomic E-state index is 12.1. The predicted molar refractivity (Wildman–Crippen MR) is 141 cm³/mol. The van der Waals surface area contributed by atoms with E-state index in [-0.39, 0.29) is 17.4 Å². The van der Waals surface area contributed by atoms with E-state index in [2.05, 4.69) is 6.58 Å². The van der Waals surface area contributed by atoms with Crippen LogP contribution in [-0.2, 0) is 14.5 Å². The largest absolute Gasteiger partial charge is 0.455 e. The molecule has 0 bridgehead atoms. The highest BCUT2D eigenvalue weighted by atomic mass is 32.2. The second kappa shape index (κ2) is 10.7. The van der Waals surface area contributed by atoms with Crippen LogP contribution in [0.3, 0.4) is 0 Å². The number of hydrogen-bond acceptors (Lipinski definition) is 6. The Labute approximate surface area is 208 Å². The molecule has 2 aliphatic heterocycles. The molecular weight excluding hydrogens is 466 g/mol. The first kappa shape index (κ1) is 24.4. The number of morpholine rings is 1. The maximum Gasteiger partial charge on any atom is 0.226 e. The summed E-state index contributed by atoms with van der Waals surface area (Å²) in [6.45, 7) is 6.68. The quantitative estimate of drug-likeness (QED) is 0.385. The zero-order valence-electron chi connectivity index (χ0n) is 19.0. The fourth-order valence-corrected chi connectivity index (χ4v) is 5.32. The maximum absolute atomic E-state index is 12.1. The number of benzene rings is 2. The minimum atomic E-state index is -0.754. The Morgan fingerprint density at radius 2 is 1.97 bits per heavy atom. The predicted octanol–water partition coefficient (Wildman–Crippen LogP) is 5.50. The highest BCUT2D eigenvalue weighted by molar-refractivity contribution is 7.99. The Hall–Kier alpha value is -2.74. The van der Waals surface area contributed by atoms with Crippen molar-refractivity contribution in [3.05, 3.63) is 94.9 Å². The van der Waals surface area contributed by atoms with Gasteiger partial charge in [-0.25, -0.2) is 0 Å². The summed E-state index contributed by atoms with van der Waals surface area (Å²) in [5.74, 6) is 1.60. The van der Waals surface area contributed by atoms with Crippen molar-refractivity contribution in [1.82, 2.24) is 4.90 Å². The van der Waals surface area contributed by atoms with Crippen molar-refractivity contribution in [3.8, 4) is 0 Å². The second-order valence-corrected chi connectivity index (χ2v) is 9.70. The topological polar surface area (TPSA) is 59.8 Å². The number of rotatable bonds is 3. The third-order valence-electron chi connectivity index (χ3n) is 5.89. The van der Waals surface area contributed by atoms with Crippen LogP contribution >= 0.6 is 24.4 Å². The van der Waals surface area contributed by atoms with Gasteiger partial charge in [0.1, 0.15) is 11.3 Å². The van der Waals surface area contributed by atoms with Crippen LogP contribution in [0.25, 0.3) is 17.0 Å². The van der Waals surface area contributed by atoms with Crippen LogP contribution in [0, 0.1) is 0 Å². The lowest BCUT2D eigenvalue weighted by Gasteiger charge is -2.45. The normalized spacial score (nSPS) is 21.4. The summed E-state index contributed by atoms with van der Waals surface area (Å²) in [5.41, 5.74) is 1.72. The molecule has 1 amide bonds. The Morgan fingerprint density at radius 3 is 2.74 bits per heavy atom. The van der Waals surface area contributed by atoms with E-state index >= 15 is 0 Å². The number of thiol groups is 1. The Morgan fingerprint density at radius 1 is 1.24 bits per heavy atom. The molecule has 0 aliphatic carbocycles. The van der Waals surface area contributed by atoms with Crippen molar-refractivity contribution < 1.29 is 13.9 Å². The zero-order chi connectivity index (χ0) is 24.1. The number of fused-ring (bicyclic) bond motifs is 2. The molecule has 5 rings (SSSR count). The molecule has 3 heterocycles. The Kier molecular flexibility index (Phi) is 7.66. The second-order valence-electron chi connectivity index (χ2n) is 8.00. The van der Waals surface area contributed by atoms with Gasteiger partial charge in [0.25, 0.3) is 0 Å². The van der Waals surface area contributed by atoms with Crippen molar-refractivity contribution in [2.45, 2.75) is 29.2 Å². The molecule has 0 N–H and O–H groups in total. The van der Waals surface area contributed by atoms with Crippen LogP contribution in [0.1, 0.15) is 24.7 Å². The fourth-order valence-electron chi connectivity index (χ4n) is 4.08. The lowest BCUT2D eigenvalue weighted by atomic mass is 9.99. The van der Waals surface area contributed by atoms with Crippen molar-refractivity contribution in [3.63, 3.8) is 0 Å². The Balaban J connectivity index is 0.000000165. The molecule has 2 aromatic carbocycles. The number of carbonyl (C=O) groups is 1. The lowest BCUT2D eigenvalue weighted by molar-refractivity contribution is -0.148. The minimum Gasteiger partial charge on any atom is -0.455 e. The van der Waals surface area contributed by atoms with Crippen LogP contribution in [-0.4, -0.2) is 35.8 Å². The molecule has 3 aromatic rings. The van der Waals surface area contributed by atoms with Crippen LogP contribution < -0.4 is 5.43 Å². The average molecular weight is 494 g/mol. The highest BCUT2D eigenvalue weighted by Crippen LogP contribution is 2.39. The zero-order valence-corrected chi connectivity index (χ0v) is 20.7. The molecule has 176 valence electrons. The standard InChI is InChI=1S/C15H19NO2S.C12H8O2S/c1-3-7-14(17)16-10-11-18-15(19,12(16)2)13-8-5-4-6-9-13;13-11-8-4-1-2-5-9(8)14-10-6-3-7-15-12(10)11/h3-6,8-9,12,19H,1,7,10-11H2,2H3;1-6H,7H2. The lowest BCUT2D eigenvalue weighted by Crippen LogP contribution is -2.55. The molecule has 34 heavy (non-hydrogen) atoms. The van der Waals surface area contributed by atoms with Gasteiger partial charge in [0.2, 0.25) is 11.3 Å². The molecule has 2 atom stereocenters. The summed E-state index contributed by atoms with van der Waals surface area (Å²) < 4.78 is 11.5. The first-order valence-electron chi connectivity index (χ1n) is 11.1. The average Bonchev–Trinajstić information content (AvgIpc) is 2.87. The molecule has 1 aromatic heterocycles. The van der Waals surface area contributed by atoms with Gasteiger partial charge < -0.3 is 14.1 Å². The van der Waals surface area contributed by atoms with E-state index in [0.29, 0.717) is 36.3 Å². The van der Waals surface area contributed by atoms with Crippen LogP contribution in [0.2, 0.25) is 0 Å². The van der Waals surface area contributed by atoms with Crippen molar-refractivity contribution in [2.24, 2.45) is 0 Å². The van der Waals surface area contributed by atoms with E-state index in [1.807, 2.05) is 72.5 Å². The third kappa shape index (κ3) is 4.87. The number of ether oxygens (including phenoxy) is 1. The van der Waals surface area contributed by atoms with E-state index in [1.165, 1.54) is 11.8 Å². The van der Waals surface area contributed by atoms with Gasteiger partial charge in [-0.1, -0.05) is 54.6 Å². The number of hydrogen-bond donors (Lipinski definition) is 1. The summed E-state index contributed by atoms with van der Waals surface area (Å²) in [5, 5.41) is 0.666. The van der Waals surface area contributed by atoms with E-state index in [4.69, 9.17) is 21.8 Å². The number of carbonyl (C=O) groups excluding carboxylic acids is 1. The molecule has 1 saturated heterocycles. The van der Waals surface area contributed by atoms with E-state index < -0.39 is 4.93 Å². The first-order valence-corrected chi connectivity index (χ1v) is 12.6. The van der Waals surface area contributed by atoms with Gasteiger partial charge in [-0.3, -0.25) is 9.59 Å². The van der Waals surface area contributed by atoms with Gasteiger partial charge in [0, 0.05) is 18.7 Å². The summed E-state index contributed by atoms with van der Waals surface area (Å²) in [4.78, 5) is 26.0. The Bertz CT molecular complexity index is 1270. The van der Waals surface area contributed by atoms with Crippen molar-refractivity contribution in [2.75, 3.05) is 18.9 Å². The number of amides is 1. The number of thioether (sulfide) groups is 1. The van der Waals surface area contributed by atoms with Gasteiger partial charge in [-0.05, 0) is 30.7 Å². The number of nitrogens with zero attached hydrogens (tertiary/aromatic N) is 1. The van der Waals surface area contributed by atoms with Gasteiger partial charge >= 0.3 is 0 Å². The summed E-state index contributed by atoms with van der Waals surface area (Å²) >= 11 is 6.25. The molecule has 0 spiro atoms. The molecule has 1 fully saturated rings. The van der Waals surface area contributed by atoms with Gasteiger partial charge in [0.15, 0.2) is 4.93 Å². The minimum absolute atomic E-state index is 0.0696. The van der Waals surface area contributed by atoms with Gasteiger partial charge in [0.05, 0.1) is 22.9 Å². The molecule has 0 saturated carbocycles. The van der Waals surface area contributed by atoms with Crippen molar-refractivity contribution >= 4 is 47.3 Å². The van der Waals surface area contributed by atoms with Crippen LogP contribution in [0.4, 0.5) is 0 Å². The van der Waals surface area contributed by atoms with Crippen molar-refractivity contribution in [1.29, 1.82) is 0 Å². The van der Waals surface area contributed by atoms with E-state index in [9.17, 15) is 9.59 Å². The molecule has 2 unspecified atom stereocenters. The van der Waals surface area contributed by atoms with Crippen LogP contribution in [0.5, 0.6) is 0 Å². The smallest absolute Gasteiger partial charge is 0.226 e. The first-order chi connectivity index (χ1) is 16.5. The SMILES string of the molecule is C=CCC(=O)N1CCOC(S)(c2ccccc2)C1C.O=c1c2c(oc3ccccc13)C=CCS2. The summed E-state index contributed by atoms with van der Waals surface area (Å²) in [7, 11) is 0. The monoisotopic (exact) mass is 493 g/mol. The highest BCUT2D eigenvalue weighted by Gasteiger charge is 2.43. The molecule has 7 heteroatoms. The molecule has 2 aliphatic rings. The van der Waals surface area contributed by atoms with E-state index in [1.54, 1.807) is 12.1 Å². The summed E-state index contributed by atoms with van der Waals surface area (Å²) in [6.07, 6.45) is 5.86. The summed E-state index contributed by atoms with van der Waals surface area (Å²) in [6, 6.07) is 17.0. The third-order valence-corrected chi connectivity index (χ3v) is 7.68. The van der Waals surface area contributed by atoms with Gasteiger partial charge in [-0.15, -0.1) is 31.0 Å². The molecule has 5 nitrogen and oxygen atoms in total. The number of para-hydroxylation sites is 1. The van der Waals surface area contributed by atoms with Gasteiger partial charge in [-0.2, -0.15) is 0 Å². The fraction of sp³-hybridized carbons (Fsp3) is 0.259. The molecule has 0 radical (unpaired) electrons. The van der Waals surface area contributed by atoms with Crippen LogP contribution in [0.15, 0.2) is 87.4 Å². The molecular formula is C27H27NO4S2.